The minimum absolute atomic E-state index is 0.195. The largest absolute Gasteiger partial charge is 0.397 e. The molecule has 0 spiro atoms. The fraction of sp³-hybridized carbons (Fsp3) is 0.316. The number of carbonyl (C=O) groups excluding carboxylic acids is 1. The van der Waals surface area contributed by atoms with E-state index in [9.17, 15) is 4.79 Å². The third kappa shape index (κ3) is 9.14. The maximum absolute atomic E-state index is 15.2. The minimum Gasteiger partial charge on any atom is -0.397 e. The van der Waals surface area contributed by atoms with Gasteiger partial charge in [0.2, 0.25) is 0 Å². The second-order valence-electron chi connectivity index (χ2n) is 12.5. The molecule has 2 fully saturated rings. The first-order valence-electron chi connectivity index (χ1n) is 17.0. The van der Waals surface area contributed by atoms with Crippen LogP contribution in [0.1, 0.15) is 40.7 Å². The van der Waals surface area contributed by atoms with Crippen LogP contribution in [0.4, 0.5) is 21.5 Å². The molecule has 3 aromatic carbocycles. The summed E-state index contributed by atoms with van der Waals surface area (Å²) in [4.78, 5) is 22.9. The number of aromatic nitrogens is 1. The lowest BCUT2D eigenvalue weighted by atomic mass is 10.0. The minimum atomic E-state index is -0.342. The molecular formula is C38H45FN8O2. The number of piperidine rings is 1. The Bertz CT molecular complexity index is 1720. The van der Waals surface area contributed by atoms with Crippen molar-refractivity contribution in [2.24, 2.45) is 11.6 Å². The highest BCUT2D eigenvalue weighted by atomic mass is 19.2. The summed E-state index contributed by atoms with van der Waals surface area (Å²) in [6.45, 7) is 6.11. The third-order valence-electron chi connectivity index (χ3n) is 8.96. The first-order chi connectivity index (χ1) is 23.9. The van der Waals surface area contributed by atoms with Crippen molar-refractivity contribution in [2.75, 3.05) is 67.8 Å². The summed E-state index contributed by atoms with van der Waals surface area (Å²) in [5, 5.41) is 5.33. The second kappa shape index (κ2) is 16.4. The first kappa shape index (κ1) is 33.9. The van der Waals surface area contributed by atoms with Crippen molar-refractivity contribution < 1.29 is 14.0 Å². The van der Waals surface area contributed by atoms with Crippen LogP contribution in [-0.2, 0) is 11.3 Å². The van der Waals surface area contributed by atoms with Crippen molar-refractivity contribution in [3.8, 4) is 11.3 Å². The summed E-state index contributed by atoms with van der Waals surface area (Å²) in [5.41, 5.74) is 12.6. The molecule has 4 aromatic rings. The Labute approximate surface area is 287 Å². The van der Waals surface area contributed by atoms with E-state index in [1.165, 1.54) is 6.42 Å². The van der Waals surface area contributed by atoms with Crippen LogP contribution in [0.15, 0.2) is 97.3 Å². The van der Waals surface area contributed by atoms with Crippen molar-refractivity contribution in [2.45, 2.75) is 25.8 Å². The molecule has 3 heterocycles. The van der Waals surface area contributed by atoms with Gasteiger partial charge in [-0.25, -0.2) is 11.0 Å². The highest BCUT2D eigenvalue weighted by Crippen LogP contribution is 2.34. The van der Waals surface area contributed by atoms with Gasteiger partial charge in [0.1, 0.15) is 0 Å². The number of nitrogens with one attached hydrogen (secondary N) is 1. The lowest BCUT2D eigenvalue weighted by Gasteiger charge is -2.29. The summed E-state index contributed by atoms with van der Waals surface area (Å²) in [6, 6.07) is 26.3. The number of morpholine rings is 1. The highest BCUT2D eigenvalue weighted by Gasteiger charge is 2.19. The molecule has 5 N–H and O–H groups in total. The number of nitrogens with zero attached hydrogens (tertiary/aromatic N) is 5. The summed E-state index contributed by atoms with van der Waals surface area (Å²) in [7, 11) is 0. The van der Waals surface area contributed by atoms with Gasteiger partial charge in [0.25, 0.3) is 5.91 Å². The van der Waals surface area contributed by atoms with Gasteiger partial charge in [-0.15, -0.1) is 0 Å². The Kier molecular flexibility index (Phi) is 11.4. The fourth-order valence-corrected chi connectivity index (χ4v) is 6.23. The van der Waals surface area contributed by atoms with Gasteiger partial charge in [-0.1, -0.05) is 40.9 Å². The molecule has 1 aromatic heterocycles. The Morgan fingerprint density at radius 1 is 0.918 bits per heavy atom. The van der Waals surface area contributed by atoms with E-state index < -0.39 is 0 Å². The number of benzene rings is 3. The summed E-state index contributed by atoms with van der Waals surface area (Å²) >= 11 is 0. The number of hydrazine groups is 1. The van der Waals surface area contributed by atoms with E-state index in [2.05, 4.69) is 21.2 Å². The van der Waals surface area contributed by atoms with E-state index in [4.69, 9.17) is 21.3 Å². The zero-order valence-electron chi connectivity index (χ0n) is 27.8. The first-order valence-corrected chi connectivity index (χ1v) is 17.0. The Balaban J connectivity index is 1.23. The highest BCUT2D eigenvalue weighted by molar-refractivity contribution is 6.07. The van der Waals surface area contributed by atoms with E-state index in [1.54, 1.807) is 41.7 Å². The van der Waals surface area contributed by atoms with Crippen LogP contribution in [0.3, 0.4) is 0 Å². The lowest BCUT2D eigenvalue weighted by molar-refractivity contribution is 0.0381. The average Bonchev–Trinajstić information content (AvgIpc) is 3.15. The summed E-state index contributed by atoms with van der Waals surface area (Å²) < 4.78 is 20.6. The summed E-state index contributed by atoms with van der Waals surface area (Å²) in [6.07, 6.45) is 6.91. The van der Waals surface area contributed by atoms with E-state index in [1.807, 2.05) is 54.6 Å². The second-order valence-corrected chi connectivity index (χ2v) is 12.5. The van der Waals surface area contributed by atoms with Gasteiger partial charge >= 0.3 is 0 Å². The molecule has 49 heavy (non-hydrogen) atoms. The van der Waals surface area contributed by atoms with Crippen LogP contribution in [-0.4, -0.2) is 73.3 Å². The zero-order valence-corrected chi connectivity index (χ0v) is 27.8. The third-order valence-corrected chi connectivity index (χ3v) is 8.96. The number of amides is 1. The molecule has 0 aliphatic carbocycles. The average molecular weight is 665 g/mol. The molecule has 2 saturated heterocycles. The van der Waals surface area contributed by atoms with Crippen LogP contribution < -0.4 is 26.9 Å². The SMILES string of the molecule is N/C(=C\N(N)Cc1ccccc1)c1ccnc(-c2cc(N3CCCCC3)ccc2NC(=O)c2cccc(N(F)CCN3CCOCC3)c2)c1. The quantitative estimate of drug-likeness (QED) is 0.100. The smallest absolute Gasteiger partial charge is 0.255 e. The van der Waals surface area contributed by atoms with E-state index in [0.29, 0.717) is 59.8 Å². The number of hydrogen-bond acceptors (Lipinski definition) is 9. The van der Waals surface area contributed by atoms with Crippen LogP contribution >= 0.6 is 0 Å². The Morgan fingerprint density at radius 2 is 1.71 bits per heavy atom. The number of anilines is 3. The molecule has 6 rings (SSSR count). The van der Waals surface area contributed by atoms with Crippen molar-refractivity contribution >= 4 is 28.7 Å². The fourth-order valence-electron chi connectivity index (χ4n) is 6.23. The summed E-state index contributed by atoms with van der Waals surface area (Å²) in [5.74, 6) is 5.94. The zero-order chi connectivity index (χ0) is 34.0. The predicted octanol–water partition coefficient (Wildman–Crippen LogP) is 5.65. The van der Waals surface area contributed by atoms with Crippen molar-refractivity contribution in [1.29, 1.82) is 0 Å². The van der Waals surface area contributed by atoms with Crippen molar-refractivity contribution in [3.05, 3.63) is 114 Å². The van der Waals surface area contributed by atoms with Gasteiger partial charge in [-0.05, 0) is 73.4 Å². The monoisotopic (exact) mass is 664 g/mol. The molecule has 2 aliphatic rings. The molecule has 10 nitrogen and oxygen atoms in total. The van der Waals surface area contributed by atoms with Crippen LogP contribution in [0, 0.1) is 0 Å². The Morgan fingerprint density at radius 3 is 2.51 bits per heavy atom. The number of hydrogen-bond donors (Lipinski definition) is 3. The van der Waals surface area contributed by atoms with E-state index in [0.717, 1.165) is 61.4 Å². The van der Waals surface area contributed by atoms with Crippen LogP contribution in [0.2, 0.25) is 0 Å². The van der Waals surface area contributed by atoms with Crippen LogP contribution in [0.25, 0.3) is 17.0 Å². The van der Waals surface area contributed by atoms with Crippen LogP contribution in [0.5, 0.6) is 0 Å². The maximum Gasteiger partial charge on any atom is 0.255 e. The number of pyridine rings is 1. The molecule has 0 saturated carbocycles. The molecule has 11 heteroatoms. The van der Waals surface area contributed by atoms with Gasteiger partial charge in [0.15, 0.2) is 0 Å². The molecule has 256 valence electrons. The predicted molar refractivity (Wildman–Crippen MR) is 194 cm³/mol. The Hall–Kier alpha value is -4.97. The molecular weight excluding hydrogens is 619 g/mol. The number of carbonyl (C=O) groups is 1. The molecule has 0 bridgehead atoms. The van der Waals surface area contributed by atoms with Crippen molar-refractivity contribution in [1.82, 2.24) is 14.9 Å². The molecule has 1 amide bonds. The number of rotatable bonds is 12. The lowest BCUT2D eigenvalue weighted by Crippen LogP contribution is -2.40. The molecule has 0 atom stereocenters. The molecule has 2 aliphatic heterocycles. The van der Waals surface area contributed by atoms with E-state index in [-0.39, 0.29) is 12.5 Å². The number of halogens is 1. The van der Waals surface area contributed by atoms with Gasteiger partial charge in [0, 0.05) is 67.5 Å². The molecule has 0 radical (unpaired) electrons. The normalized spacial score (nSPS) is 15.6. The number of nitrogens with two attached hydrogens (primary N) is 2. The topological polar surface area (TPSA) is 116 Å². The number of ether oxygens (including phenoxy) is 1. The van der Waals surface area contributed by atoms with Gasteiger partial charge in [-0.3, -0.25) is 14.7 Å². The molecule has 0 unspecified atom stereocenters. The van der Waals surface area contributed by atoms with Gasteiger partial charge in [-0.2, -0.15) is 0 Å². The van der Waals surface area contributed by atoms with Gasteiger partial charge < -0.3 is 25.7 Å². The maximum atomic E-state index is 15.2. The van der Waals surface area contributed by atoms with E-state index >= 15 is 4.48 Å². The standard InChI is InChI=1S/C38H45FN8O2/c39-47(19-18-44-20-22-49-23-21-44)33-11-7-10-31(24-33)38(48)43-36-13-12-32(45-16-5-2-6-17-45)26-34(36)37-25-30(14-15-42-37)35(40)28-46(41)27-29-8-3-1-4-9-29/h1,3-4,7-15,24-26,28H,2,5-6,16-23,27,40-41H2,(H,43,48)/b35-28-. The van der Waals surface area contributed by atoms with Crippen molar-refractivity contribution in [3.63, 3.8) is 0 Å². The van der Waals surface area contributed by atoms with Gasteiger partial charge in [0.05, 0.1) is 49.1 Å².